The fraction of sp³-hybridized carbons (Fsp3) is 0.0909. The molecule has 0 aromatic heterocycles. The normalized spacial score (nSPS) is 17.3. The zero-order valence-corrected chi connectivity index (χ0v) is 10.5. The number of benzene rings is 1. The van der Waals surface area contributed by atoms with Crippen LogP contribution < -0.4 is 0 Å². The predicted octanol–water partition coefficient (Wildman–Crippen LogP) is 1.97. The van der Waals surface area contributed by atoms with Gasteiger partial charge in [0, 0.05) is 13.1 Å². The van der Waals surface area contributed by atoms with Crippen molar-refractivity contribution in [3.63, 3.8) is 0 Å². The fourth-order valence-corrected chi connectivity index (χ4v) is 2.30. The molecule has 1 heterocycles. The van der Waals surface area contributed by atoms with E-state index in [4.69, 9.17) is 0 Å². The lowest BCUT2D eigenvalue weighted by molar-refractivity contribution is -0.385. The number of nitro benzene ring substituents is 1. The number of phenols is 1. The van der Waals surface area contributed by atoms with Crippen molar-refractivity contribution in [3.8, 4) is 5.75 Å². The van der Waals surface area contributed by atoms with E-state index in [2.05, 4.69) is 0 Å². The minimum atomic E-state index is -0.724. The molecular formula is C11H8N2O5S. The maximum atomic E-state index is 11.6. The smallest absolute Gasteiger partial charge is 0.311 e. The second-order valence-electron chi connectivity index (χ2n) is 3.75. The fourth-order valence-electron chi connectivity index (χ4n) is 1.47. The van der Waals surface area contributed by atoms with Crippen molar-refractivity contribution < 1.29 is 19.6 Å². The Morgan fingerprint density at radius 2 is 2.11 bits per heavy atom. The molecule has 7 nitrogen and oxygen atoms in total. The molecule has 0 aliphatic carbocycles. The molecule has 1 saturated heterocycles. The van der Waals surface area contributed by atoms with Crippen molar-refractivity contribution in [1.82, 2.24) is 4.90 Å². The third-order valence-corrected chi connectivity index (χ3v) is 3.44. The van der Waals surface area contributed by atoms with Gasteiger partial charge in [0.25, 0.3) is 11.1 Å². The van der Waals surface area contributed by atoms with E-state index in [1.165, 1.54) is 25.3 Å². The number of carbonyl (C=O) groups is 2. The summed E-state index contributed by atoms with van der Waals surface area (Å²) in [6.07, 6.45) is 1.38. The zero-order chi connectivity index (χ0) is 14.2. The largest absolute Gasteiger partial charge is 0.502 e. The van der Waals surface area contributed by atoms with Crippen molar-refractivity contribution in [2.75, 3.05) is 7.05 Å². The third-order valence-electron chi connectivity index (χ3n) is 2.48. The van der Waals surface area contributed by atoms with Crippen molar-refractivity contribution in [2.45, 2.75) is 0 Å². The number of thioether (sulfide) groups is 1. The Kier molecular flexibility index (Phi) is 3.26. The van der Waals surface area contributed by atoms with Gasteiger partial charge in [0.05, 0.1) is 9.83 Å². The molecule has 1 N–H and O–H groups in total. The van der Waals surface area contributed by atoms with Crippen LogP contribution in [-0.4, -0.2) is 33.1 Å². The van der Waals surface area contributed by atoms with Crippen LogP contribution in [0.25, 0.3) is 6.08 Å². The van der Waals surface area contributed by atoms with E-state index < -0.39 is 27.5 Å². The monoisotopic (exact) mass is 280 g/mol. The molecule has 0 saturated carbocycles. The van der Waals surface area contributed by atoms with Gasteiger partial charge in [0.1, 0.15) is 0 Å². The molecular weight excluding hydrogens is 272 g/mol. The van der Waals surface area contributed by atoms with E-state index in [0.29, 0.717) is 5.56 Å². The highest BCUT2D eigenvalue weighted by Gasteiger charge is 2.31. The first-order valence-electron chi connectivity index (χ1n) is 5.09. The Morgan fingerprint density at radius 3 is 2.63 bits per heavy atom. The van der Waals surface area contributed by atoms with Gasteiger partial charge in [-0.2, -0.15) is 0 Å². The molecule has 1 fully saturated rings. The highest BCUT2D eigenvalue weighted by atomic mass is 32.2. The first-order valence-corrected chi connectivity index (χ1v) is 5.91. The summed E-state index contributed by atoms with van der Waals surface area (Å²) in [6, 6.07) is 3.73. The molecule has 1 aromatic carbocycles. The molecule has 1 aliphatic rings. The Balaban J connectivity index is 2.39. The third kappa shape index (κ3) is 2.43. The molecule has 0 bridgehead atoms. The minimum absolute atomic E-state index is 0.187. The van der Waals surface area contributed by atoms with Gasteiger partial charge in [-0.05, 0) is 29.5 Å². The van der Waals surface area contributed by atoms with Gasteiger partial charge in [-0.3, -0.25) is 24.6 Å². The van der Waals surface area contributed by atoms with Gasteiger partial charge in [0.2, 0.25) is 0 Å². The van der Waals surface area contributed by atoms with Crippen LogP contribution in [0.3, 0.4) is 0 Å². The number of hydrogen-bond donors (Lipinski definition) is 1. The van der Waals surface area contributed by atoms with Gasteiger partial charge in [-0.1, -0.05) is 6.07 Å². The number of rotatable bonds is 2. The maximum Gasteiger partial charge on any atom is 0.311 e. The highest BCUT2D eigenvalue weighted by Crippen LogP contribution is 2.33. The molecule has 98 valence electrons. The van der Waals surface area contributed by atoms with Crippen LogP contribution in [0.4, 0.5) is 10.5 Å². The van der Waals surface area contributed by atoms with E-state index in [9.17, 15) is 24.8 Å². The van der Waals surface area contributed by atoms with Crippen LogP contribution in [-0.2, 0) is 4.79 Å². The van der Waals surface area contributed by atoms with Gasteiger partial charge >= 0.3 is 5.69 Å². The molecule has 2 amide bonds. The minimum Gasteiger partial charge on any atom is -0.502 e. The molecule has 1 aromatic rings. The molecule has 1 aliphatic heterocycles. The lowest BCUT2D eigenvalue weighted by Crippen LogP contribution is -2.22. The second-order valence-corrected chi connectivity index (χ2v) is 4.74. The standard InChI is InChI=1S/C11H8N2O5S/c1-12-10(15)9(19-11(12)16)5-6-2-3-8(14)7(4-6)13(17)18/h2-5,14H,1H3. The average Bonchev–Trinajstić information content (AvgIpc) is 2.59. The van der Waals surface area contributed by atoms with E-state index >= 15 is 0 Å². The van der Waals surface area contributed by atoms with E-state index in [-0.39, 0.29) is 4.91 Å². The molecule has 0 radical (unpaired) electrons. The Bertz CT molecular complexity index is 626. The Labute approximate surface area is 111 Å². The number of amides is 2. The number of nitro groups is 1. The lowest BCUT2D eigenvalue weighted by Gasteiger charge is -2.01. The van der Waals surface area contributed by atoms with Crippen molar-refractivity contribution in [2.24, 2.45) is 0 Å². The van der Waals surface area contributed by atoms with Crippen LogP contribution in [0, 0.1) is 10.1 Å². The highest BCUT2D eigenvalue weighted by molar-refractivity contribution is 8.18. The molecule has 0 spiro atoms. The van der Waals surface area contributed by atoms with Crippen LogP contribution in [0.15, 0.2) is 23.1 Å². The van der Waals surface area contributed by atoms with Gasteiger partial charge in [-0.25, -0.2) is 0 Å². The summed E-state index contributed by atoms with van der Waals surface area (Å²) in [5.74, 6) is -0.906. The van der Waals surface area contributed by atoms with Crippen LogP contribution in [0.5, 0.6) is 5.75 Å². The first kappa shape index (κ1) is 13.1. The van der Waals surface area contributed by atoms with E-state index in [0.717, 1.165) is 22.7 Å². The van der Waals surface area contributed by atoms with Crippen molar-refractivity contribution in [3.05, 3.63) is 38.8 Å². The van der Waals surface area contributed by atoms with Gasteiger partial charge < -0.3 is 5.11 Å². The average molecular weight is 280 g/mol. The van der Waals surface area contributed by atoms with Crippen molar-refractivity contribution >= 4 is 34.7 Å². The zero-order valence-electron chi connectivity index (χ0n) is 9.69. The quantitative estimate of drug-likeness (QED) is 0.505. The summed E-state index contributed by atoms with van der Waals surface area (Å²) in [5.41, 5.74) is -0.0899. The number of phenolic OH excluding ortho intramolecular Hbond substituents is 1. The summed E-state index contributed by atoms with van der Waals surface area (Å²) in [6.45, 7) is 0. The molecule has 0 atom stereocenters. The van der Waals surface area contributed by atoms with Crippen molar-refractivity contribution in [1.29, 1.82) is 0 Å². The van der Waals surface area contributed by atoms with Gasteiger partial charge in [0.15, 0.2) is 5.75 Å². The van der Waals surface area contributed by atoms with Crippen LogP contribution in [0.1, 0.15) is 5.56 Å². The summed E-state index contributed by atoms with van der Waals surface area (Å²) < 4.78 is 0. The van der Waals surface area contributed by atoms with E-state index in [1.807, 2.05) is 0 Å². The lowest BCUT2D eigenvalue weighted by atomic mass is 10.1. The van der Waals surface area contributed by atoms with E-state index in [1.54, 1.807) is 0 Å². The topological polar surface area (TPSA) is 101 Å². The summed E-state index contributed by atoms with van der Waals surface area (Å²) in [4.78, 5) is 34.0. The molecule has 2 rings (SSSR count). The number of nitrogens with zero attached hydrogens (tertiary/aromatic N) is 2. The molecule has 19 heavy (non-hydrogen) atoms. The molecule has 8 heteroatoms. The first-order chi connectivity index (χ1) is 8.90. The summed E-state index contributed by atoms with van der Waals surface area (Å²) in [7, 11) is 1.36. The SMILES string of the molecule is CN1C(=O)SC(=Cc2ccc(O)c([N+](=O)[O-])c2)C1=O. The van der Waals surface area contributed by atoms with Crippen LogP contribution >= 0.6 is 11.8 Å². The maximum absolute atomic E-state index is 11.6. The number of carbonyl (C=O) groups excluding carboxylic acids is 2. The summed E-state index contributed by atoms with van der Waals surface area (Å²) >= 11 is 0.761. The number of aromatic hydroxyl groups is 1. The Morgan fingerprint density at radius 1 is 1.42 bits per heavy atom. The van der Waals surface area contributed by atoms with Crippen LogP contribution in [0.2, 0.25) is 0 Å². The number of hydrogen-bond acceptors (Lipinski definition) is 6. The van der Waals surface area contributed by atoms with Gasteiger partial charge in [-0.15, -0.1) is 0 Å². The molecule has 0 unspecified atom stereocenters. The number of likely N-dealkylation sites (N-methyl/N-ethyl adjacent to an activating group) is 1. The Hall–Kier alpha value is -2.35. The summed E-state index contributed by atoms with van der Waals surface area (Å²) in [5, 5.41) is 19.6. The predicted molar refractivity (Wildman–Crippen MR) is 68.5 cm³/mol. The number of imide groups is 1. The second kappa shape index (κ2) is 4.73.